The molecule has 2 rings (SSSR count). The van der Waals surface area contributed by atoms with E-state index < -0.39 is 41.1 Å². The molecule has 0 aliphatic heterocycles. The Bertz CT molecular complexity index is 430. The first-order valence-electron chi connectivity index (χ1n) is 6.30. The van der Waals surface area contributed by atoms with E-state index in [4.69, 9.17) is 15.6 Å². The number of carboxylic acids is 2. The van der Waals surface area contributed by atoms with Crippen LogP contribution in [0, 0.1) is 11.8 Å². The minimum atomic E-state index is -2.53. The predicted octanol–water partition coefficient (Wildman–Crippen LogP) is 0.395. The molecule has 6 atom stereocenters. The van der Waals surface area contributed by atoms with Gasteiger partial charge in [-0.15, -0.1) is 0 Å². The molecule has 108 valence electrons. The van der Waals surface area contributed by atoms with Gasteiger partial charge in [-0.25, -0.2) is 9.18 Å². The molecule has 7 heteroatoms. The summed E-state index contributed by atoms with van der Waals surface area (Å²) in [7, 11) is 0. The van der Waals surface area contributed by atoms with Crippen LogP contribution in [-0.2, 0) is 14.3 Å². The Kier molecular flexibility index (Phi) is 3.10. The summed E-state index contributed by atoms with van der Waals surface area (Å²) in [6, 6.07) is 0. The highest BCUT2D eigenvalue weighted by Gasteiger charge is 2.85. The number of fused-ring (bicyclic) bond motifs is 1. The van der Waals surface area contributed by atoms with Crippen molar-refractivity contribution >= 4 is 11.9 Å². The van der Waals surface area contributed by atoms with Crippen LogP contribution in [0.1, 0.15) is 26.7 Å². The van der Waals surface area contributed by atoms with Crippen LogP contribution in [0.2, 0.25) is 0 Å². The van der Waals surface area contributed by atoms with Gasteiger partial charge in [-0.1, -0.05) is 6.92 Å². The minimum Gasteiger partial charge on any atom is -0.480 e. The normalized spacial score (nSPS) is 45.6. The molecule has 2 aliphatic carbocycles. The Balaban J connectivity index is 2.25. The second kappa shape index (κ2) is 4.14. The van der Waals surface area contributed by atoms with Gasteiger partial charge < -0.3 is 20.7 Å². The minimum absolute atomic E-state index is 0.0284. The van der Waals surface area contributed by atoms with Crippen molar-refractivity contribution in [3.8, 4) is 0 Å². The Hall–Kier alpha value is -1.21. The second-order valence-electron chi connectivity index (χ2n) is 5.47. The maximum atomic E-state index is 14.2. The van der Waals surface area contributed by atoms with Crippen molar-refractivity contribution in [2.75, 3.05) is 0 Å². The molecule has 0 spiro atoms. The van der Waals surface area contributed by atoms with Crippen LogP contribution in [0.15, 0.2) is 0 Å². The third-order valence-electron chi connectivity index (χ3n) is 4.47. The van der Waals surface area contributed by atoms with Gasteiger partial charge >= 0.3 is 11.9 Å². The average molecular weight is 275 g/mol. The zero-order valence-electron chi connectivity index (χ0n) is 10.8. The molecule has 0 saturated heterocycles. The molecule has 0 heterocycles. The molecular formula is C12H18FNO5. The monoisotopic (exact) mass is 275 g/mol. The summed E-state index contributed by atoms with van der Waals surface area (Å²) < 4.78 is 19.7. The lowest BCUT2D eigenvalue weighted by Crippen LogP contribution is -2.61. The number of ether oxygens (including phenoxy) is 1. The largest absolute Gasteiger partial charge is 0.480 e. The van der Waals surface area contributed by atoms with Crippen LogP contribution in [0.5, 0.6) is 0 Å². The Morgan fingerprint density at radius 3 is 2.47 bits per heavy atom. The molecule has 4 N–H and O–H groups in total. The molecule has 0 amide bonds. The second-order valence-corrected chi connectivity index (χ2v) is 5.47. The molecule has 19 heavy (non-hydrogen) atoms. The lowest BCUT2D eigenvalue weighted by molar-refractivity contribution is -0.157. The van der Waals surface area contributed by atoms with E-state index in [0.29, 0.717) is 6.42 Å². The summed E-state index contributed by atoms with van der Waals surface area (Å²) in [5, 5.41) is 18.2. The van der Waals surface area contributed by atoms with Crippen molar-refractivity contribution < 1.29 is 28.9 Å². The highest BCUT2D eigenvalue weighted by Crippen LogP contribution is 2.67. The number of hydrogen-bond acceptors (Lipinski definition) is 4. The zero-order valence-corrected chi connectivity index (χ0v) is 10.8. The first-order valence-corrected chi connectivity index (χ1v) is 6.30. The number of halogens is 1. The Labute approximate surface area is 109 Å². The number of carboxylic acid groups (broad SMARTS) is 2. The molecule has 6 nitrogen and oxygen atoms in total. The van der Waals surface area contributed by atoms with Gasteiger partial charge in [0.05, 0.1) is 12.2 Å². The Morgan fingerprint density at radius 1 is 1.47 bits per heavy atom. The first kappa shape index (κ1) is 14.2. The maximum absolute atomic E-state index is 14.2. The lowest BCUT2D eigenvalue weighted by Gasteiger charge is -2.33. The van der Waals surface area contributed by atoms with Crippen LogP contribution in [0.4, 0.5) is 4.39 Å². The van der Waals surface area contributed by atoms with E-state index >= 15 is 0 Å². The van der Waals surface area contributed by atoms with Gasteiger partial charge in [0, 0.05) is 11.8 Å². The predicted molar refractivity (Wildman–Crippen MR) is 62.3 cm³/mol. The fraction of sp³-hybridized carbons (Fsp3) is 0.833. The highest BCUT2D eigenvalue weighted by atomic mass is 19.1. The van der Waals surface area contributed by atoms with E-state index in [1.54, 1.807) is 6.92 Å². The van der Waals surface area contributed by atoms with Crippen LogP contribution in [-0.4, -0.2) is 45.6 Å². The Morgan fingerprint density at radius 2 is 2.05 bits per heavy atom. The molecule has 2 fully saturated rings. The van der Waals surface area contributed by atoms with Gasteiger partial charge in [0.2, 0.25) is 5.67 Å². The van der Waals surface area contributed by atoms with E-state index in [2.05, 4.69) is 0 Å². The molecule has 0 bridgehead atoms. The van der Waals surface area contributed by atoms with Crippen molar-refractivity contribution in [3.05, 3.63) is 0 Å². The fourth-order valence-electron chi connectivity index (χ4n) is 3.15. The molecule has 0 aromatic carbocycles. The van der Waals surface area contributed by atoms with E-state index in [1.165, 1.54) is 0 Å². The van der Waals surface area contributed by atoms with E-state index in [-0.39, 0.29) is 12.5 Å². The summed E-state index contributed by atoms with van der Waals surface area (Å²) >= 11 is 0. The van der Waals surface area contributed by atoms with Crippen LogP contribution < -0.4 is 5.73 Å². The van der Waals surface area contributed by atoms with Crippen LogP contribution in [0.25, 0.3) is 0 Å². The fourth-order valence-corrected chi connectivity index (χ4v) is 3.15. The summed E-state index contributed by atoms with van der Waals surface area (Å²) in [5.41, 5.74) is 1.32. The van der Waals surface area contributed by atoms with Crippen LogP contribution in [0.3, 0.4) is 0 Å². The molecule has 0 radical (unpaired) electrons. The van der Waals surface area contributed by atoms with Crippen molar-refractivity contribution in [2.45, 2.75) is 50.1 Å². The number of alkyl halides is 1. The highest BCUT2D eigenvalue weighted by molar-refractivity contribution is 5.90. The van der Waals surface area contributed by atoms with Crippen molar-refractivity contribution in [2.24, 2.45) is 17.6 Å². The number of carbonyl (C=O) groups is 2. The number of aliphatic carboxylic acids is 2. The van der Waals surface area contributed by atoms with Gasteiger partial charge in [0.1, 0.15) is 5.54 Å². The molecule has 2 aliphatic rings. The SMILES string of the molecule is CCC(C)O[C@@H]1C[C@@H]2[C@H]([C@]1(N)C(=O)O)[C@@]2(F)C(=O)O. The summed E-state index contributed by atoms with van der Waals surface area (Å²) in [6.07, 6.45) is -0.358. The third kappa shape index (κ3) is 1.68. The zero-order chi connectivity index (χ0) is 14.6. The maximum Gasteiger partial charge on any atom is 0.342 e. The summed E-state index contributed by atoms with van der Waals surface area (Å²) in [6.45, 7) is 3.64. The molecule has 2 saturated carbocycles. The van der Waals surface area contributed by atoms with Gasteiger partial charge in [-0.05, 0) is 19.8 Å². The summed E-state index contributed by atoms with van der Waals surface area (Å²) in [5.74, 6) is -5.14. The number of hydrogen-bond donors (Lipinski definition) is 3. The quantitative estimate of drug-likeness (QED) is 0.669. The van der Waals surface area contributed by atoms with Gasteiger partial charge in [-0.3, -0.25) is 4.79 Å². The van der Waals surface area contributed by atoms with E-state index in [0.717, 1.165) is 0 Å². The van der Waals surface area contributed by atoms with Gasteiger partial charge in [-0.2, -0.15) is 0 Å². The first-order chi connectivity index (χ1) is 8.70. The summed E-state index contributed by atoms with van der Waals surface area (Å²) in [4.78, 5) is 22.3. The smallest absolute Gasteiger partial charge is 0.342 e. The van der Waals surface area contributed by atoms with E-state index in [9.17, 15) is 19.1 Å². The topological polar surface area (TPSA) is 110 Å². The lowest BCUT2D eigenvalue weighted by atomic mass is 9.87. The van der Waals surface area contributed by atoms with Crippen LogP contribution >= 0.6 is 0 Å². The average Bonchev–Trinajstić information content (AvgIpc) is 2.80. The molecule has 0 aromatic heterocycles. The molecule has 0 aromatic rings. The van der Waals surface area contributed by atoms with Crippen molar-refractivity contribution in [3.63, 3.8) is 0 Å². The standard InChI is InChI=1S/C12H18FNO5/c1-3-5(2)19-7-4-6-8(11(6,13)9(15)16)12(7,14)10(17)18/h5-8H,3-4,14H2,1-2H3,(H,15,16)(H,17,18)/t5?,6-,7-,8+,11-,12+/m1/s1. The number of nitrogens with two attached hydrogens (primary N) is 1. The third-order valence-corrected chi connectivity index (χ3v) is 4.47. The van der Waals surface area contributed by atoms with Gasteiger partial charge in [0.25, 0.3) is 0 Å². The van der Waals surface area contributed by atoms with Crippen molar-refractivity contribution in [1.29, 1.82) is 0 Å². The molecule has 1 unspecified atom stereocenters. The molecular weight excluding hydrogens is 257 g/mol. The number of rotatable bonds is 5. The van der Waals surface area contributed by atoms with Crippen molar-refractivity contribution in [1.82, 2.24) is 0 Å². The van der Waals surface area contributed by atoms with E-state index in [1.807, 2.05) is 6.92 Å². The van der Waals surface area contributed by atoms with Gasteiger partial charge in [0.15, 0.2) is 0 Å².